The fourth-order valence-electron chi connectivity index (χ4n) is 1.43. The molecule has 28 heavy (non-hydrogen) atoms. The lowest BCUT2D eigenvalue weighted by atomic mass is 10.3. The van der Waals surface area contributed by atoms with Gasteiger partial charge in [0.05, 0.1) is 24.5 Å². The minimum Gasteiger partial charge on any atom is -0.480 e. The number of rotatable bonds is 11. The minimum absolute atomic E-state index is 0.439. The number of hydrogen-bond donors (Lipinski definition) is 4. The van der Waals surface area contributed by atoms with E-state index in [0.29, 0.717) is 22.4 Å². The molecule has 1 aromatic carbocycles. The number of hydrogen-bond acceptors (Lipinski definition) is 7. The van der Waals surface area contributed by atoms with E-state index >= 15 is 0 Å². The lowest BCUT2D eigenvalue weighted by Crippen LogP contribution is -2.23. The van der Waals surface area contributed by atoms with Crippen molar-refractivity contribution in [2.75, 3.05) is 25.2 Å². The summed E-state index contributed by atoms with van der Waals surface area (Å²) < 4.78 is 21.5. The van der Waals surface area contributed by atoms with Gasteiger partial charge >= 0.3 is 13.6 Å². The molecule has 0 aliphatic carbocycles. The van der Waals surface area contributed by atoms with Gasteiger partial charge < -0.3 is 23.9 Å². The third-order valence-electron chi connectivity index (χ3n) is 2.44. The van der Waals surface area contributed by atoms with Gasteiger partial charge in [-0.25, -0.2) is 0 Å². The zero-order valence-electron chi connectivity index (χ0n) is 15.2. The van der Waals surface area contributed by atoms with E-state index in [2.05, 4.69) is 12.2 Å². The van der Waals surface area contributed by atoms with Crippen LogP contribution in [0.1, 0.15) is 20.3 Å². The van der Waals surface area contributed by atoms with Crippen molar-refractivity contribution in [2.45, 2.75) is 20.3 Å². The normalized spacial score (nSPS) is 13.2. The molecule has 0 amide bonds. The van der Waals surface area contributed by atoms with E-state index in [1.165, 1.54) is 0 Å². The van der Waals surface area contributed by atoms with Crippen molar-refractivity contribution in [3.63, 3.8) is 0 Å². The van der Waals surface area contributed by atoms with Gasteiger partial charge in [-0.15, -0.1) is 0 Å². The molecule has 0 saturated carbocycles. The summed E-state index contributed by atoms with van der Waals surface area (Å²) in [6.07, 6.45) is 0.424. The zero-order chi connectivity index (χ0) is 21.8. The van der Waals surface area contributed by atoms with Crippen LogP contribution in [0.25, 0.3) is 0 Å². The molecule has 0 aliphatic rings. The third kappa shape index (κ3) is 14.2. The summed E-state index contributed by atoms with van der Waals surface area (Å²) in [5.74, 6) is 0.289. The predicted octanol–water partition coefficient (Wildman–Crippen LogP) is 4.57. The van der Waals surface area contributed by atoms with Crippen LogP contribution in [0.3, 0.4) is 0 Å². The lowest BCUT2D eigenvalue weighted by molar-refractivity contribution is -0.135. The number of carboxylic acids is 1. The van der Waals surface area contributed by atoms with Crippen molar-refractivity contribution in [3.8, 4) is 5.75 Å². The highest BCUT2D eigenvalue weighted by molar-refractivity contribution is 8.68. The van der Waals surface area contributed by atoms with Crippen molar-refractivity contribution in [2.24, 2.45) is 0 Å². The summed E-state index contributed by atoms with van der Waals surface area (Å²) in [4.78, 5) is 26.1. The summed E-state index contributed by atoms with van der Waals surface area (Å²) in [5, 5.41) is 11.1. The smallest absolute Gasteiger partial charge is 0.339 e. The number of nitrogens with one attached hydrogen (secondary N) is 1. The zero-order valence-corrected chi connectivity index (χ0v) is 20.1. The topological polar surface area (TPSA) is 125 Å². The van der Waals surface area contributed by atoms with Crippen LogP contribution in [0.5, 0.6) is 5.75 Å². The number of halogens is 2. The Morgan fingerprint density at radius 3 is 2.43 bits per heavy atom. The van der Waals surface area contributed by atoms with Crippen molar-refractivity contribution in [1.29, 1.82) is 0 Å². The Bertz CT molecular complexity index is 721. The Hall–Kier alpha value is 0.140. The highest BCUT2D eigenvalue weighted by Gasteiger charge is 2.22. The average Bonchev–Trinajstić information content (AvgIpc) is 2.55. The fourth-order valence-corrected chi connectivity index (χ4v) is 7.02. The Labute approximate surface area is 183 Å². The van der Waals surface area contributed by atoms with Gasteiger partial charge in [-0.2, -0.15) is 0 Å². The van der Waals surface area contributed by atoms with Gasteiger partial charge in [0.2, 0.25) is 0 Å². The Morgan fingerprint density at radius 1 is 1.32 bits per heavy atom. The van der Waals surface area contributed by atoms with Gasteiger partial charge in [0.1, 0.15) is 5.75 Å². The molecule has 1 aromatic rings. The van der Waals surface area contributed by atoms with Gasteiger partial charge in [0.25, 0.3) is 5.69 Å². The summed E-state index contributed by atoms with van der Waals surface area (Å²) >= 11 is 18.9. The maximum atomic E-state index is 10.1. The maximum absolute atomic E-state index is 10.1. The van der Waals surface area contributed by atoms with Crippen LogP contribution >= 0.6 is 47.9 Å². The predicted molar refractivity (Wildman–Crippen MR) is 118 cm³/mol. The van der Waals surface area contributed by atoms with E-state index in [1.807, 2.05) is 6.92 Å². The second-order valence-corrected chi connectivity index (χ2v) is 13.9. The van der Waals surface area contributed by atoms with Crippen LogP contribution in [0.2, 0.25) is 10.0 Å². The highest BCUT2D eigenvalue weighted by Crippen LogP contribution is 2.61. The fraction of sp³-hybridized carbons (Fsp3) is 0.500. The first kappa shape index (κ1) is 28.1. The van der Waals surface area contributed by atoms with Gasteiger partial charge in [-0.1, -0.05) is 41.5 Å². The largest absolute Gasteiger partial charge is 0.480 e. The van der Waals surface area contributed by atoms with E-state index in [1.54, 1.807) is 29.6 Å². The molecule has 0 fully saturated rings. The van der Waals surface area contributed by atoms with Gasteiger partial charge in [0, 0.05) is 10.8 Å². The van der Waals surface area contributed by atoms with Crippen LogP contribution in [-0.4, -0.2) is 46.1 Å². The number of benzene rings is 1. The van der Waals surface area contributed by atoms with Crippen LogP contribution in [-0.2, 0) is 25.7 Å². The number of aliphatic carboxylic acids is 1. The van der Waals surface area contributed by atoms with Crippen LogP contribution in [0.15, 0.2) is 18.2 Å². The van der Waals surface area contributed by atoms with E-state index < -0.39 is 32.1 Å². The van der Waals surface area contributed by atoms with E-state index in [4.69, 9.17) is 58.9 Å². The van der Waals surface area contributed by atoms with Crippen LogP contribution in [0.4, 0.5) is 0 Å². The summed E-state index contributed by atoms with van der Waals surface area (Å²) in [6.45, 7) is 4.08. The molecule has 1 atom stereocenters. The molecule has 0 bridgehead atoms. The van der Waals surface area contributed by atoms with Crippen molar-refractivity contribution in [3.05, 3.63) is 28.2 Å². The van der Waals surface area contributed by atoms with Crippen molar-refractivity contribution in [1.82, 2.24) is 5.32 Å². The molecule has 4 N–H and O–H groups in total. The first-order chi connectivity index (χ1) is 12.9. The van der Waals surface area contributed by atoms with Crippen molar-refractivity contribution >= 4 is 65.6 Å². The average molecular weight is 514 g/mol. The monoisotopic (exact) mass is 513 g/mol. The summed E-state index contributed by atoms with van der Waals surface area (Å²) in [6, 6.07) is 5.07. The molecule has 0 heterocycles. The summed E-state index contributed by atoms with van der Waals surface area (Å²) in [7, 11) is -4.10. The molecule has 162 valence electrons. The SMILES string of the molecule is CCCSP(=S)(OCC)Oc1ccc(Cl)cc1Cl.O=C(O)CNCP(=O)(O)O. The number of carboxylic acid groups (broad SMARTS) is 1. The quantitative estimate of drug-likeness (QED) is 0.312. The molecule has 0 aliphatic heterocycles. The van der Waals surface area contributed by atoms with E-state index in [-0.39, 0.29) is 0 Å². The first-order valence-corrected chi connectivity index (χ1v) is 14.7. The molecule has 0 saturated heterocycles. The molecule has 0 radical (unpaired) electrons. The van der Waals surface area contributed by atoms with Gasteiger partial charge in [-0.05, 0) is 43.4 Å². The second kappa shape index (κ2) is 14.2. The summed E-state index contributed by atoms with van der Waals surface area (Å²) in [5.41, 5.74) is -2.38. The second-order valence-electron chi connectivity index (χ2n) is 5.01. The van der Waals surface area contributed by atoms with Crippen LogP contribution in [0, 0.1) is 0 Å². The molecular weight excluding hydrogens is 491 g/mol. The Kier molecular flexibility index (Phi) is 14.3. The maximum Gasteiger partial charge on any atom is 0.339 e. The Balaban J connectivity index is 0.000000621. The molecule has 14 heteroatoms. The molecule has 1 rings (SSSR count). The standard InChI is InChI=1S/C11H15Cl2O2PS2.C3H8NO5P/c1-3-7-18-16(17,14-4-2)15-11-6-5-9(12)8-10(11)13;5-3(6)1-4-2-10(7,8)9/h5-6,8H,3-4,7H2,1-2H3;4H,1-2H2,(H,5,6)(H2,7,8,9). The highest BCUT2D eigenvalue weighted by atomic mass is 35.5. The first-order valence-electron chi connectivity index (χ1n) is 7.93. The Morgan fingerprint density at radius 2 is 1.96 bits per heavy atom. The van der Waals surface area contributed by atoms with E-state index in [9.17, 15) is 9.36 Å². The van der Waals surface area contributed by atoms with E-state index in [0.717, 1.165) is 12.2 Å². The molecule has 0 spiro atoms. The lowest BCUT2D eigenvalue weighted by Gasteiger charge is -2.21. The molecule has 1 unspecified atom stereocenters. The number of carbonyl (C=O) groups is 1. The molecular formula is C14H23Cl2NO7P2S2. The minimum atomic E-state index is -4.10. The molecule has 0 aromatic heterocycles. The van der Waals surface area contributed by atoms with Gasteiger partial charge in [-0.3, -0.25) is 14.7 Å². The van der Waals surface area contributed by atoms with Gasteiger partial charge in [0.15, 0.2) is 0 Å². The third-order valence-corrected chi connectivity index (χ3v) is 9.03. The van der Waals surface area contributed by atoms with Crippen molar-refractivity contribution < 1.29 is 33.3 Å². The van der Waals surface area contributed by atoms with Crippen LogP contribution < -0.4 is 9.84 Å². The molecule has 8 nitrogen and oxygen atoms in total.